The lowest BCUT2D eigenvalue weighted by Crippen LogP contribution is -2.18. The molecular formula is C10H11N. The van der Waals surface area contributed by atoms with Crippen molar-refractivity contribution in [1.29, 1.82) is 0 Å². The molecule has 11 heavy (non-hydrogen) atoms. The smallest absolute Gasteiger partial charge is 0.0219 e. The maximum Gasteiger partial charge on any atom is 0.0219 e. The number of rotatable bonds is 0. The first-order valence-electron chi connectivity index (χ1n) is 3.89. The molecule has 0 aromatic carbocycles. The van der Waals surface area contributed by atoms with Crippen LogP contribution in [0.3, 0.4) is 0 Å². The molecule has 1 N–H and O–H groups in total. The zero-order valence-electron chi connectivity index (χ0n) is 6.54. The van der Waals surface area contributed by atoms with E-state index >= 15 is 0 Å². The van der Waals surface area contributed by atoms with Crippen LogP contribution in [0.2, 0.25) is 0 Å². The van der Waals surface area contributed by atoms with Crippen LogP contribution in [0.5, 0.6) is 0 Å². The molecule has 56 valence electrons. The summed E-state index contributed by atoms with van der Waals surface area (Å²) in [4.78, 5) is 0. The highest BCUT2D eigenvalue weighted by Gasteiger charge is 2.14. The average molecular weight is 145 g/mol. The second-order valence-electron chi connectivity index (χ2n) is 2.87. The van der Waals surface area contributed by atoms with Gasteiger partial charge in [-0.1, -0.05) is 25.2 Å². The third-order valence-corrected chi connectivity index (χ3v) is 2.17. The van der Waals surface area contributed by atoms with Crippen molar-refractivity contribution in [2.75, 3.05) is 0 Å². The van der Waals surface area contributed by atoms with Crippen molar-refractivity contribution >= 4 is 0 Å². The minimum atomic E-state index is 0.523. The Bertz CT molecular complexity index is 279. The Morgan fingerprint density at radius 3 is 3.00 bits per heavy atom. The van der Waals surface area contributed by atoms with Crippen LogP contribution in [0.25, 0.3) is 0 Å². The van der Waals surface area contributed by atoms with E-state index in [1.54, 1.807) is 0 Å². The van der Waals surface area contributed by atoms with Gasteiger partial charge in [-0.05, 0) is 17.7 Å². The van der Waals surface area contributed by atoms with Gasteiger partial charge >= 0.3 is 0 Å². The maximum atomic E-state index is 3.23. The van der Waals surface area contributed by atoms with Gasteiger partial charge in [-0.3, -0.25) is 0 Å². The molecule has 0 aromatic rings. The van der Waals surface area contributed by atoms with Crippen LogP contribution in [-0.2, 0) is 0 Å². The molecule has 0 spiro atoms. The summed E-state index contributed by atoms with van der Waals surface area (Å²) in [5.74, 6) is 0.523. The number of hydrogen-bond donors (Lipinski definition) is 1. The lowest BCUT2D eigenvalue weighted by molar-refractivity contribution is 0.738. The van der Waals surface area contributed by atoms with Gasteiger partial charge < -0.3 is 5.32 Å². The van der Waals surface area contributed by atoms with Crippen LogP contribution in [0.1, 0.15) is 6.92 Å². The van der Waals surface area contributed by atoms with E-state index in [2.05, 4.69) is 42.6 Å². The van der Waals surface area contributed by atoms with Gasteiger partial charge in [0, 0.05) is 17.8 Å². The first-order valence-corrected chi connectivity index (χ1v) is 3.89. The summed E-state index contributed by atoms with van der Waals surface area (Å²) in [5, 5.41) is 3.23. The zero-order valence-corrected chi connectivity index (χ0v) is 6.54. The molecule has 0 aromatic heterocycles. The molecule has 0 saturated heterocycles. The summed E-state index contributed by atoms with van der Waals surface area (Å²) in [5.41, 5.74) is 2.66. The van der Waals surface area contributed by atoms with Gasteiger partial charge in [0.1, 0.15) is 0 Å². The van der Waals surface area contributed by atoms with E-state index in [9.17, 15) is 0 Å². The van der Waals surface area contributed by atoms with E-state index in [1.807, 2.05) is 6.20 Å². The predicted octanol–water partition coefficient (Wildman–Crippen LogP) is 2.12. The fraction of sp³-hybridized carbons (Fsp3) is 0.200. The van der Waals surface area contributed by atoms with E-state index in [-0.39, 0.29) is 0 Å². The lowest BCUT2D eigenvalue weighted by Gasteiger charge is -2.20. The lowest BCUT2D eigenvalue weighted by atomic mass is 9.95. The Kier molecular flexibility index (Phi) is 1.42. The molecule has 1 heterocycles. The number of fused-ring (bicyclic) bond motifs is 2. The van der Waals surface area contributed by atoms with Gasteiger partial charge in [-0.25, -0.2) is 0 Å². The minimum Gasteiger partial charge on any atom is -0.364 e. The normalized spacial score (nSPS) is 26.8. The van der Waals surface area contributed by atoms with Crippen molar-refractivity contribution in [2.45, 2.75) is 6.92 Å². The maximum absolute atomic E-state index is 3.23. The fourth-order valence-corrected chi connectivity index (χ4v) is 1.40. The van der Waals surface area contributed by atoms with Crippen LogP contribution < -0.4 is 5.32 Å². The Labute approximate surface area is 66.8 Å². The quantitative estimate of drug-likeness (QED) is 0.550. The summed E-state index contributed by atoms with van der Waals surface area (Å²) in [6.45, 7) is 2.21. The Hall–Kier alpha value is -1.24. The second kappa shape index (κ2) is 2.42. The van der Waals surface area contributed by atoms with Gasteiger partial charge in [0.15, 0.2) is 0 Å². The van der Waals surface area contributed by atoms with Gasteiger partial charge in [0.2, 0.25) is 0 Å². The zero-order chi connectivity index (χ0) is 7.68. The van der Waals surface area contributed by atoms with E-state index in [1.165, 1.54) is 11.3 Å². The molecule has 2 bridgehead atoms. The van der Waals surface area contributed by atoms with Crippen molar-refractivity contribution in [3.8, 4) is 0 Å². The van der Waals surface area contributed by atoms with E-state index in [0.717, 1.165) is 0 Å². The number of hydrogen-bond acceptors (Lipinski definition) is 1. The van der Waals surface area contributed by atoms with Crippen LogP contribution >= 0.6 is 0 Å². The highest BCUT2D eigenvalue weighted by Crippen LogP contribution is 2.24. The number of nitrogens with one attached hydrogen (secondary N) is 1. The molecule has 0 saturated carbocycles. The molecule has 2 aliphatic rings. The highest BCUT2D eigenvalue weighted by atomic mass is 14.9. The van der Waals surface area contributed by atoms with Crippen LogP contribution in [-0.4, -0.2) is 0 Å². The van der Waals surface area contributed by atoms with Crippen LogP contribution in [0.4, 0.5) is 0 Å². The summed E-state index contributed by atoms with van der Waals surface area (Å²) in [6, 6.07) is 0. The summed E-state index contributed by atoms with van der Waals surface area (Å²) < 4.78 is 0. The van der Waals surface area contributed by atoms with Crippen LogP contribution in [0.15, 0.2) is 47.9 Å². The SMILES string of the molecule is CC1C2=CC=CC=C1NC=C2. The van der Waals surface area contributed by atoms with Crippen molar-refractivity contribution in [3.05, 3.63) is 47.9 Å². The fourth-order valence-electron chi connectivity index (χ4n) is 1.40. The minimum absolute atomic E-state index is 0.523. The van der Waals surface area contributed by atoms with E-state index < -0.39 is 0 Å². The van der Waals surface area contributed by atoms with Crippen molar-refractivity contribution in [1.82, 2.24) is 5.32 Å². The third-order valence-electron chi connectivity index (χ3n) is 2.17. The molecule has 1 aliphatic carbocycles. The monoisotopic (exact) mass is 145 g/mol. The van der Waals surface area contributed by atoms with Crippen molar-refractivity contribution in [3.63, 3.8) is 0 Å². The Balaban J connectivity index is 2.50. The first-order chi connectivity index (χ1) is 5.38. The molecular weight excluding hydrogens is 134 g/mol. The first kappa shape index (κ1) is 6.47. The molecule has 1 atom stereocenters. The van der Waals surface area contributed by atoms with E-state index in [4.69, 9.17) is 0 Å². The van der Waals surface area contributed by atoms with Gasteiger partial charge in [0.25, 0.3) is 0 Å². The van der Waals surface area contributed by atoms with Gasteiger partial charge in [-0.2, -0.15) is 0 Å². The average Bonchev–Trinajstić information content (AvgIpc) is 2.17. The summed E-state index contributed by atoms with van der Waals surface area (Å²) >= 11 is 0. The highest BCUT2D eigenvalue weighted by molar-refractivity contribution is 5.40. The molecule has 1 heteroatoms. The topological polar surface area (TPSA) is 12.0 Å². The van der Waals surface area contributed by atoms with Gasteiger partial charge in [0.05, 0.1) is 0 Å². The standard InChI is InChI=1S/C10H11N/c1-8-9-4-2-3-5-10(8)11-7-6-9/h2-8,11H,1H3. The third kappa shape index (κ3) is 1.03. The predicted molar refractivity (Wildman–Crippen MR) is 46.7 cm³/mol. The molecule has 2 rings (SSSR count). The molecule has 0 radical (unpaired) electrons. The van der Waals surface area contributed by atoms with Gasteiger partial charge in [-0.15, -0.1) is 0 Å². The summed E-state index contributed by atoms with van der Waals surface area (Å²) in [7, 11) is 0. The molecule has 0 amide bonds. The van der Waals surface area contributed by atoms with Crippen molar-refractivity contribution in [2.24, 2.45) is 5.92 Å². The largest absolute Gasteiger partial charge is 0.364 e. The summed E-state index contributed by atoms with van der Waals surface area (Å²) in [6.07, 6.45) is 12.5. The van der Waals surface area contributed by atoms with E-state index in [0.29, 0.717) is 5.92 Å². The molecule has 1 aliphatic heterocycles. The Morgan fingerprint density at radius 1 is 1.27 bits per heavy atom. The number of allylic oxidation sites excluding steroid dienone is 6. The second-order valence-corrected chi connectivity index (χ2v) is 2.87. The Morgan fingerprint density at radius 2 is 2.09 bits per heavy atom. The molecule has 1 nitrogen and oxygen atoms in total. The molecule has 1 unspecified atom stereocenters. The van der Waals surface area contributed by atoms with Crippen LogP contribution in [0, 0.1) is 5.92 Å². The molecule has 0 fully saturated rings. The van der Waals surface area contributed by atoms with Crippen molar-refractivity contribution < 1.29 is 0 Å².